The average Bonchev–Trinajstić information content (AvgIpc) is 2.65. The number of nitrogens with one attached hydrogen (secondary N) is 1. The molecule has 88 valence electrons. The molecule has 0 amide bonds. The van der Waals surface area contributed by atoms with E-state index in [4.69, 9.17) is 4.74 Å². The van der Waals surface area contributed by atoms with Gasteiger partial charge in [-0.3, -0.25) is 0 Å². The van der Waals surface area contributed by atoms with Gasteiger partial charge in [-0.15, -0.1) is 11.8 Å². The fourth-order valence-corrected chi connectivity index (χ4v) is 3.85. The molecule has 1 N–H and O–H groups in total. The Kier molecular flexibility index (Phi) is 3.77. The van der Waals surface area contributed by atoms with Crippen LogP contribution < -0.4 is 10.1 Å². The third-order valence-corrected chi connectivity index (χ3v) is 4.52. The van der Waals surface area contributed by atoms with Gasteiger partial charge in [-0.2, -0.15) is 0 Å². The summed E-state index contributed by atoms with van der Waals surface area (Å²) >= 11 is 1.99. The first kappa shape index (κ1) is 11.8. The van der Waals surface area contributed by atoms with Crippen molar-refractivity contribution in [3.05, 3.63) is 23.8 Å². The summed E-state index contributed by atoms with van der Waals surface area (Å²) in [5, 5.41) is 4.09. The van der Waals surface area contributed by atoms with Crippen LogP contribution in [-0.4, -0.2) is 19.4 Å². The monoisotopic (exact) mass is 237 g/mol. The largest absolute Gasteiger partial charge is 0.497 e. The SMILES string of the molecule is CCCC1Sc2ccc(OC)cc2C1NC. The van der Waals surface area contributed by atoms with Crippen LogP contribution in [-0.2, 0) is 0 Å². The van der Waals surface area contributed by atoms with E-state index in [0.29, 0.717) is 11.3 Å². The van der Waals surface area contributed by atoms with E-state index < -0.39 is 0 Å². The molecule has 0 aromatic heterocycles. The lowest BCUT2D eigenvalue weighted by Gasteiger charge is -2.18. The lowest BCUT2D eigenvalue weighted by Crippen LogP contribution is -2.23. The minimum atomic E-state index is 0.468. The minimum Gasteiger partial charge on any atom is -0.497 e. The first-order valence-corrected chi connectivity index (χ1v) is 6.70. The molecule has 2 rings (SSSR count). The van der Waals surface area contributed by atoms with E-state index in [1.165, 1.54) is 23.3 Å². The average molecular weight is 237 g/mol. The third-order valence-electron chi connectivity index (χ3n) is 3.09. The highest BCUT2D eigenvalue weighted by atomic mass is 32.2. The predicted octanol–water partition coefficient (Wildman–Crippen LogP) is 3.23. The molecule has 2 unspecified atom stereocenters. The predicted molar refractivity (Wildman–Crippen MR) is 69.3 cm³/mol. The minimum absolute atomic E-state index is 0.468. The van der Waals surface area contributed by atoms with Crippen molar-refractivity contribution < 1.29 is 4.74 Å². The van der Waals surface area contributed by atoms with Crippen LogP contribution in [0.15, 0.2) is 23.1 Å². The van der Waals surface area contributed by atoms with E-state index in [0.717, 1.165) is 5.75 Å². The van der Waals surface area contributed by atoms with Crippen molar-refractivity contribution in [2.45, 2.75) is 36.0 Å². The number of hydrogen-bond donors (Lipinski definition) is 1. The molecular weight excluding hydrogens is 218 g/mol. The lowest BCUT2D eigenvalue weighted by atomic mass is 10.0. The van der Waals surface area contributed by atoms with Crippen molar-refractivity contribution in [2.75, 3.05) is 14.2 Å². The van der Waals surface area contributed by atoms with Gasteiger partial charge in [-0.25, -0.2) is 0 Å². The van der Waals surface area contributed by atoms with E-state index in [2.05, 4.69) is 24.4 Å². The van der Waals surface area contributed by atoms with Crippen LogP contribution in [0.25, 0.3) is 0 Å². The second kappa shape index (κ2) is 5.11. The Balaban J connectivity index is 2.28. The van der Waals surface area contributed by atoms with Crippen molar-refractivity contribution in [1.29, 1.82) is 0 Å². The molecule has 3 heteroatoms. The molecule has 0 bridgehead atoms. The van der Waals surface area contributed by atoms with Gasteiger partial charge in [-0.1, -0.05) is 13.3 Å². The molecule has 1 heterocycles. The van der Waals surface area contributed by atoms with Crippen LogP contribution in [0.2, 0.25) is 0 Å². The summed E-state index contributed by atoms with van der Waals surface area (Å²) in [5.41, 5.74) is 1.39. The second-order valence-corrected chi connectivity index (χ2v) is 5.40. The van der Waals surface area contributed by atoms with Crippen molar-refractivity contribution >= 4 is 11.8 Å². The molecule has 0 radical (unpaired) electrons. The molecule has 16 heavy (non-hydrogen) atoms. The number of thioether (sulfide) groups is 1. The van der Waals surface area contributed by atoms with Gasteiger partial charge >= 0.3 is 0 Å². The van der Waals surface area contributed by atoms with Crippen LogP contribution in [0.4, 0.5) is 0 Å². The summed E-state index contributed by atoms with van der Waals surface area (Å²) in [7, 11) is 3.77. The van der Waals surface area contributed by atoms with Crippen LogP contribution in [0, 0.1) is 0 Å². The highest BCUT2D eigenvalue weighted by molar-refractivity contribution is 8.00. The summed E-state index contributed by atoms with van der Waals surface area (Å²) < 4.78 is 5.29. The molecule has 0 aliphatic carbocycles. The molecule has 1 aliphatic heterocycles. The molecule has 0 saturated carbocycles. The summed E-state index contributed by atoms with van der Waals surface area (Å²) in [5.74, 6) is 0.955. The quantitative estimate of drug-likeness (QED) is 0.868. The summed E-state index contributed by atoms with van der Waals surface area (Å²) in [6.45, 7) is 2.25. The van der Waals surface area contributed by atoms with E-state index in [1.807, 2.05) is 24.9 Å². The number of fused-ring (bicyclic) bond motifs is 1. The zero-order valence-corrected chi connectivity index (χ0v) is 10.9. The number of ether oxygens (including phenoxy) is 1. The summed E-state index contributed by atoms with van der Waals surface area (Å²) in [6, 6.07) is 6.86. The molecule has 2 atom stereocenters. The van der Waals surface area contributed by atoms with Crippen molar-refractivity contribution in [3.8, 4) is 5.75 Å². The van der Waals surface area contributed by atoms with Gasteiger partial charge in [0.15, 0.2) is 0 Å². The lowest BCUT2D eigenvalue weighted by molar-refractivity contribution is 0.412. The van der Waals surface area contributed by atoms with Gasteiger partial charge in [-0.05, 0) is 37.2 Å². The fraction of sp³-hybridized carbons (Fsp3) is 0.538. The third kappa shape index (κ3) is 2.06. The zero-order valence-electron chi connectivity index (χ0n) is 10.1. The fourth-order valence-electron chi connectivity index (χ4n) is 2.29. The van der Waals surface area contributed by atoms with Crippen molar-refractivity contribution in [1.82, 2.24) is 5.32 Å². The summed E-state index contributed by atoms with van der Waals surface area (Å²) in [6.07, 6.45) is 2.49. The van der Waals surface area contributed by atoms with E-state index in [-0.39, 0.29) is 0 Å². The van der Waals surface area contributed by atoms with E-state index >= 15 is 0 Å². The van der Waals surface area contributed by atoms with Crippen molar-refractivity contribution in [3.63, 3.8) is 0 Å². The molecule has 0 saturated heterocycles. The van der Waals surface area contributed by atoms with Gasteiger partial charge in [0.25, 0.3) is 0 Å². The molecule has 2 nitrogen and oxygen atoms in total. The van der Waals surface area contributed by atoms with Gasteiger partial charge in [0, 0.05) is 16.2 Å². The van der Waals surface area contributed by atoms with Crippen LogP contribution in [0.3, 0.4) is 0 Å². The molecule has 0 fully saturated rings. The van der Waals surface area contributed by atoms with Crippen LogP contribution >= 0.6 is 11.8 Å². The van der Waals surface area contributed by atoms with E-state index in [1.54, 1.807) is 7.11 Å². The van der Waals surface area contributed by atoms with Crippen molar-refractivity contribution in [2.24, 2.45) is 0 Å². The number of hydrogen-bond acceptors (Lipinski definition) is 3. The van der Waals surface area contributed by atoms with Crippen LogP contribution in [0.5, 0.6) is 5.75 Å². The summed E-state index contributed by atoms with van der Waals surface area (Å²) in [4.78, 5) is 1.40. The van der Waals surface area contributed by atoms with Gasteiger partial charge in [0.1, 0.15) is 5.75 Å². The first-order valence-electron chi connectivity index (χ1n) is 5.82. The van der Waals surface area contributed by atoms with E-state index in [9.17, 15) is 0 Å². The smallest absolute Gasteiger partial charge is 0.119 e. The normalized spacial score (nSPS) is 23.2. The van der Waals surface area contributed by atoms with Gasteiger partial charge in [0.05, 0.1) is 7.11 Å². The number of methoxy groups -OCH3 is 1. The zero-order chi connectivity index (χ0) is 11.5. The van der Waals surface area contributed by atoms with Gasteiger partial charge in [0.2, 0.25) is 0 Å². The standard InChI is InChI=1S/C13H19NOS/c1-4-5-12-13(14-2)10-8-9(15-3)6-7-11(10)16-12/h6-8,12-14H,4-5H2,1-3H3. The maximum atomic E-state index is 5.29. The molecule has 1 aliphatic rings. The molecule has 1 aromatic rings. The molecule has 1 aromatic carbocycles. The molecular formula is C13H19NOS. The Morgan fingerprint density at radius 1 is 1.44 bits per heavy atom. The highest BCUT2D eigenvalue weighted by Gasteiger charge is 2.31. The Labute approximate surface area is 102 Å². The van der Waals surface area contributed by atoms with Gasteiger partial charge < -0.3 is 10.1 Å². The molecule has 0 spiro atoms. The number of rotatable bonds is 4. The topological polar surface area (TPSA) is 21.3 Å². The Morgan fingerprint density at radius 3 is 2.88 bits per heavy atom. The second-order valence-electron chi connectivity index (χ2n) is 4.12. The Morgan fingerprint density at radius 2 is 2.25 bits per heavy atom. The Hall–Kier alpha value is -0.670. The highest BCUT2D eigenvalue weighted by Crippen LogP contribution is 2.46. The maximum absolute atomic E-state index is 5.29. The van der Waals surface area contributed by atoms with Crippen LogP contribution in [0.1, 0.15) is 31.4 Å². The first-order chi connectivity index (χ1) is 7.80. The Bertz CT molecular complexity index is 367. The maximum Gasteiger partial charge on any atom is 0.119 e. The number of benzene rings is 1.